The van der Waals surface area contributed by atoms with Crippen molar-refractivity contribution >= 4 is 11.8 Å². The highest BCUT2D eigenvalue weighted by molar-refractivity contribution is 6.02. The minimum absolute atomic E-state index is 0.245. The average Bonchev–Trinajstić information content (AvgIpc) is 3.59. The molecule has 0 aromatic rings. The molecule has 0 aliphatic heterocycles. The molecule has 5 aliphatic rings. The molecule has 8 atom stereocenters. The second-order valence-electron chi connectivity index (χ2n) is 11.8. The molecule has 3 heteroatoms. The van der Waals surface area contributed by atoms with Crippen LogP contribution in [0.3, 0.4) is 0 Å². The van der Waals surface area contributed by atoms with Gasteiger partial charge in [0.15, 0.2) is 5.78 Å². The first-order chi connectivity index (χ1) is 14.5. The molecule has 0 spiro atoms. The minimum Gasteiger partial charge on any atom is -0.465 e. The third-order valence-corrected chi connectivity index (χ3v) is 10.8. The Morgan fingerprint density at radius 1 is 0.933 bits per heavy atom. The third kappa shape index (κ3) is 2.96. The lowest BCUT2D eigenvalue weighted by Gasteiger charge is -2.63. The number of hydrogen-bond donors (Lipinski definition) is 0. The zero-order valence-electron chi connectivity index (χ0n) is 19.5. The molecule has 0 amide bonds. The van der Waals surface area contributed by atoms with Crippen molar-refractivity contribution in [3.8, 4) is 0 Å². The summed E-state index contributed by atoms with van der Waals surface area (Å²) in [5, 5.41) is 0. The molecule has 5 saturated carbocycles. The van der Waals surface area contributed by atoms with Crippen molar-refractivity contribution in [1.29, 1.82) is 0 Å². The number of ether oxygens (including phenoxy) is 1. The fourth-order valence-electron chi connectivity index (χ4n) is 9.50. The highest BCUT2D eigenvalue weighted by Crippen LogP contribution is 2.69. The third-order valence-electron chi connectivity index (χ3n) is 10.8. The van der Waals surface area contributed by atoms with E-state index in [1.165, 1.54) is 51.4 Å². The van der Waals surface area contributed by atoms with Crippen molar-refractivity contribution in [2.45, 2.75) is 97.8 Å². The van der Waals surface area contributed by atoms with Crippen LogP contribution in [0.2, 0.25) is 0 Å². The van der Waals surface area contributed by atoms with Gasteiger partial charge in [-0.3, -0.25) is 9.59 Å². The molecule has 5 rings (SSSR count). The molecular weight excluding hydrogens is 372 g/mol. The number of fused-ring (bicyclic) bond motifs is 5. The van der Waals surface area contributed by atoms with Gasteiger partial charge in [-0.25, -0.2) is 0 Å². The summed E-state index contributed by atoms with van der Waals surface area (Å²) in [7, 11) is 0. The Hall–Kier alpha value is -0.860. The number of ketones is 1. The Bertz CT molecular complexity index is 696. The fraction of sp³-hybridized carbons (Fsp3) is 0.926. The van der Waals surface area contributed by atoms with Gasteiger partial charge in [0.2, 0.25) is 0 Å². The molecule has 0 heterocycles. The molecule has 30 heavy (non-hydrogen) atoms. The standard InChI is InChI=1S/C27H42O3/c1-4-26-14-12-20-19(22(26)11-9-21(24(26)28)25(29)30-5-2)13-15-27(18-7-8-18)16-17(3)6-10-23(20)27/h17-23H,4-16H2,1-3H3/t17-,19+,20?,21?,22?,23?,26-,27+/m0/s1. The van der Waals surface area contributed by atoms with E-state index in [0.29, 0.717) is 17.9 Å². The summed E-state index contributed by atoms with van der Waals surface area (Å²) in [5.74, 6) is 4.37. The van der Waals surface area contributed by atoms with Gasteiger partial charge in [-0.15, -0.1) is 0 Å². The van der Waals surface area contributed by atoms with Gasteiger partial charge in [0.05, 0.1) is 6.61 Å². The van der Waals surface area contributed by atoms with Crippen molar-refractivity contribution < 1.29 is 14.3 Å². The summed E-state index contributed by atoms with van der Waals surface area (Å²) in [4.78, 5) is 26.2. The molecule has 168 valence electrons. The Balaban J connectivity index is 1.42. The number of hydrogen-bond acceptors (Lipinski definition) is 3. The Labute approximate surface area is 183 Å². The van der Waals surface area contributed by atoms with E-state index in [4.69, 9.17) is 4.74 Å². The molecular formula is C27H42O3. The second-order valence-corrected chi connectivity index (χ2v) is 11.8. The van der Waals surface area contributed by atoms with Crippen LogP contribution in [0.4, 0.5) is 0 Å². The topological polar surface area (TPSA) is 43.4 Å². The lowest BCUT2D eigenvalue weighted by molar-refractivity contribution is -0.172. The molecule has 0 bridgehead atoms. The number of rotatable bonds is 4. The van der Waals surface area contributed by atoms with E-state index in [9.17, 15) is 9.59 Å². The summed E-state index contributed by atoms with van der Waals surface area (Å²) < 4.78 is 5.30. The molecule has 5 fully saturated rings. The van der Waals surface area contributed by atoms with Gasteiger partial charge in [0.1, 0.15) is 5.92 Å². The van der Waals surface area contributed by atoms with Crippen LogP contribution in [0.5, 0.6) is 0 Å². The summed E-state index contributed by atoms with van der Waals surface area (Å²) >= 11 is 0. The fourth-order valence-corrected chi connectivity index (χ4v) is 9.50. The van der Waals surface area contributed by atoms with Gasteiger partial charge < -0.3 is 4.74 Å². The van der Waals surface area contributed by atoms with Crippen LogP contribution in [-0.2, 0) is 14.3 Å². The summed E-state index contributed by atoms with van der Waals surface area (Å²) in [6, 6.07) is 0. The molecule has 0 aromatic carbocycles. The molecule has 5 aliphatic carbocycles. The molecule has 0 radical (unpaired) electrons. The maximum atomic E-state index is 13.7. The van der Waals surface area contributed by atoms with E-state index < -0.39 is 5.92 Å². The van der Waals surface area contributed by atoms with Crippen LogP contribution in [0, 0.1) is 52.3 Å². The van der Waals surface area contributed by atoms with Gasteiger partial charge in [0, 0.05) is 5.41 Å². The van der Waals surface area contributed by atoms with Crippen LogP contribution < -0.4 is 0 Å². The van der Waals surface area contributed by atoms with Crippen molar-refractivity contribution in [2.24, 2.45) is 52.3 Å². The van der Waals surface area contributed by atoms with Gasteiger partial charge in [-0.05, 0) is 118 Å². The largest absolute Gasteiger partial charge is 0.465 e. The lowest BCUT2D eigenvalue weighted by atomic mass is 9.41. The van der Waals surface area contributed by atoms with Crippen LogP contribution in [0.25, 0.3) is 0 Å². The van der Waals surface area contributed by atoms with E-state index in [2.05, 4.69) is 13.8 Å². The number of Topliss-reactive ketones (excluding diaryl/α,β-unsaturated/α-hetero) is 1. The maximum Gasteiger partial charge on any atom is 0.316 e. The van der Waals surface area contributed by atoms with Crippen molar-refractivity contribution in [3.63, 3.8) is 0 Å². The van der Waals surface area contributed by atoms with E-state index in [1.807, 2.05) is 6.92 Å². The van der Waals surface area contributed by atoms with Crippen molar-refractivity contribution in [3.05, 3.63) is 0 Å². The molecule has 4 unspecified atom stereocenters. The second kappa shape index (κ2) is 7.62. The number of carbonyl (C=O) groups is 2. The number of esters is 1. The van der Waals surface area contributed by atoms with Crippen molar-refractivity contribution in [2.75, 3.05) is 6.61 Å². The highest BCUT2D eigenvalue weighted by atomic mass is 16.5. The van der Waals surface area contributed by atoms with E-state index in [-0.39, 0.29) is 17.2 Å². The van der Waals surface area contributed by atoms with Crippen LogP contribution >= 0.6 is 0 Å². The molecule has 0 N–H and O–H groups in total. The zero-order valence-corrected chi connectivity index (χ0v) is 19.5. The quantitative estimate of drug-likeness (QED) is 0.407. The minimum atomic E-state index is -0.498. The first kappa shape index (κ1) is 21.0. The molecule has 0 saturated heterocycles. The Kier molecular flexibility index (Phi) is 5.34. The van der Waals surface area contributed by atoms with Crippen molar-refractivity contribution in [1.82, 2.24) is 0 Å². The summed E-state index contributed by atoms with van der Waals surface area (Å²) in [6.07, 6.45) is 15.0. The molecule has 3 nitrogen and oxygen atoms in total. The van der Waals surface area contributed by atoms with Crippen LogP contribution in [0.1, 0.15) is 97.8 Å². The van der Waals surface area contributed by atoms with E-state index >= 15 is 0 Å². The predicted octanol–water partition coefficient (Wildman–Crippen LogP) is 6.19. The zero-order chi connectivity index (χ0) is 21.1. The Morgan fingerprint density at radius 2 is 1.63 bits per heavy atom. The van der Waals surface area contributed by atoms with Gasteiger partial charge in [-0.2, -0.15) is 0 Å². The smallest absolute Gasteiger partial charge is 0.316 e. The summed E-state index contributed by atoms with van der Waals surface area (Å²) in [5.41, 5.74) is 0.384. The van der Waals surface area contributed by atoms with Gasteiger partial charge in [-0.1, -0.05) is 20.3 Å². The van der Waals surface area contributed by atoms with E-state index in [1.54, 1.807) is 0 Å². The molecule has 0 aromatic heterocycles. The predicted molar refractivity (Wildman–Crippen MR) is 118 cm³/mol. The SMILES string of the molecule is CCOC(=O)C1CCC2[C@@H]3CC[C@]4(C5CC5)C[C@@H](C)CCC4C3CC[C@]2(CC)C1=O. The summed E-state index contributed by atoms with van der Waals surface area (Å²) in [6.45, 7) is 6.91. The normalized spacial score (nSPS) is 48.3. The number of carbonyl (C=O) groups excluding carboxylic acids is 2. The first-order valence-electron chi connectivity index (χ1n) is 13.2. The van der Waals surface area contributed by atoms with Crippen LogP contribution in [0.15, 0.2) is 0 Å². The monoisotopic (exact) mass is 414 g/mol. The highest BCUT2D eigenvalue weighted by Gasteiger charge is 2.63. The Morgan fingerprint density at radius 3 is 2.33 bits per heavy atom. The van der Waals surface area contributed by atoms with E-state index in [0.717, 1.165) is 55.3 Å². The maximum absolute atomic E-state index is 13.7. The first-order valence-corrected chi connectivity index (χ1v) is 13.2. The van der Waals surface area contributed by atoms with Gasteiger partial charge in [0.25, 0.3) is 0 Å². The average molecular weight is 415 g/mol. The van der Waals surface area contributed by atoms with Gasteiger partial charge >= 0.3 is 5.97 Å². The lowest BCUT2D eigenvalue weighted by Crippen LogP contribution is -2.59. The van der Waals surface area contributed by atoms with Crippen LogP contribution in [-0.4, -0.2) is 18.4 Å².